The van der Waals surface area contributed by atoms with E-state index in [0.717, 1.165) is 24.3 Å². The van der Waals surface area contributed by atoms with Gasteiger partial charge in [0.05, 0.1) is 23.9 Å². The minimum atomic E-state index is -1.41. The maximum absolute atomic E-state index is 11.1. The van der Waals surface area contributed by atoms with Crippen LogP contribution < -0.4 is 22.2 Å². The molecule has 0 radical (unpaired) electrons. The Bertz CT molecular complexity index is 1300. The predicted molar refractivity (Wildman–Crippen MR) is 147 cm³/mol. The van der Waals surface area contributed by atoms with Crippen molar-refractivity contribution in [3.63, 3.8) is 0 Å². The minimum absolute atomic E-state index is 0.0109. The van der Waals surface area contributed by atoms with E-state index >= 15 is 0 Å². The summed E-state index contributed by atoms with van der Waals surface area (Å²) in [7, 11) is 0. The van der Waals surface area contributed by atoms with Gasteiger partial charge in [-0.2, -0.15) is 0 Å². The molecule has 13 heteroatoms. The normalized spacial score (nSPS) is 26.3. The smallest absolute Gasteiger partial charge is 0.410 e. The third-order valence-electron chi connectivity index (χ3n) is 6.89. The van der Waals surface area contributed by atoms with Crippen molar-refractivity contribution in [2.45, 2.75) is 45.8 Å². The Morgan fingerprint density at radius 1 is 1.34 bits per heavy atom. The van der Waals surface area contributed by atoms with Crippen molar-refractivity contribution in [3.8, 4) is 0 Å². The molecule has 38 heavy (non-hydrogen) atoms. The lowest BCUT2D eigenvalue weighted by molar-refractivity contribution is -0.0122. The van der Waals surface area contributed by atoms with Crippen LogP contribution in [0, 0.1) is 17.2 Å². The lowest BCUT2D eigenvalue weighted by atomic mass is 9.83. The Hall–Kier alpha value is -3.86. The highest BCUT2D eigenvalue weighted by Gasteiger charge is 2.39. The Labute approximate surface area is 225 Å². The van der Waals surface area contributed by atoms with Gasteiger partial charge < -0.3 is 25.9 Å². The number of hydrogen-bond donors (Lipinski definition) is 6. The number of allylic oxidation sites excluding steroid dienone is 3. The first-order chi connectivity index (χ1) is 18.1. The van der Waals surface area contributed by atoms with Crippen molar-refractivity contribution in [1.82, 2.24) is 20.3 Å². The van der Waals surface area contributed by atoms with Gasteiger partial charge in [0.1, 0.15) is 23.2 Å². The van der Waals surface area contributed by atoms with Gasteiger partial charge in [-0.25, -0.2) is 20.6 Å². The van der Waals surface area contributed by atoms with Gasteiger partial charge in [-0.1, -0.05) is 18.5 Å². The van der Waals surface area contributed by atoms with Gasteiger partial charge in [0.25, 0.3) is 0 Å². The Morgan fingerprint density at radius 3 is 2.84 bits per heavy atom. The highest BCUT2D eigenvalue weighted by atomic mass is 35.5. The van der Waals surface area contributed by atoms with E-state index in [1.807, 2.05) is 24.2 Å². The molecule has 1 aromatic rings. The zero-order valence-corrected chi connectivity index (χ0v) is 22.2. The topological polar surface area (TPSA) is 188 Å². The standard InChI is InChI=1S/C25H32ClN9O3/c1-12-4-5-16(20-21(12)38-14(3)13(2)35(20)29)11-31-19-18(15-6-7-17(26)8-9-30-10-15)32-24(33-22(19)27)23(28)34-25(36)37/h7-8,10,12-14,16,31H,4-5,9,11,29H2,1-3H3,(H2,28,34)(H,36,37)(H2,27,32,33)/b17-8+,30-10?/t6?,12-,13-,14-,16+/m1/s1. The van der Waals surface area contributed by atoms with Crippen LogP contribution in [0.4, 0.5) is 16.3 Å². The molecule has 1 aromatic heterocycles. The van der Waals surface area contributed by atoms with E-state index in [4.69, 9.17) is 38.4 Å². The van der Waals surface area contributed by atoms with E-state index in [1.54, 1.807) is 18.4 Å². The van der Waals surface area contributed by atoms with Gasteiger partial charge in [0, 0.05) is 29.6 Å². The van der Waals surface area contributed by atoms with Crippen LogP contribution in [0.5, 0.6) is 0 Å². The number of aliphatic imine (C=N–C) groups is 1. The molecule has 0 saturated carbocycles. The number of halogens is 1. The van der Waals surface area contributed by atoms with Crippen LogP contribution in [-0.2, 0) is 4.74 Å². The number of hydrazine groups is 1. The lowest BCUT2D eigenvalue weighted by Gasteiger charge is -2.46. The summed E-state index contributed by atoms with van der Waals surface area (Å²) < 4.78 is 6.27. The van der Waals surface area contributed by atoms with Crippen LogP contribution in [0.15, 0.2) is 39.4 Å². The van der Waals surface area contributed by atoms with Crippen LogP contribution >= 0.6 is 11.6 Å². The minimum Gasteiger partial charge on any atom is -0.491 e. The van der Waals surface area contributed by atoms with Crippen molar-refractivity contribution in [3.05, 3.63) is 45.9 Å². The fourth-order valence-electron chi connectivity index (χ4n) is 4.63. The lowest BCUT2D eigenvalue weighted by Crippen LogP contribution is -2.53. The summed E-state index contributed by atoms with van der Waals surface area (Å²) >= 11 is 6.17. The molecule has 0 fully saturated rings. The second kappa shape index (κ2) is 11.3. The fourth-order valence-corrected chi connectivity index (χ4v) is 4.76. The van der Waals surface area contributed by atoms with Crippen LogP contribution in [0.2, 0.25) is 0 Å². The molecule has 1 aliphatic carbocycles. The van der Waals surface area contributed by atoms with Crippen molar-refractivity contribution in [2.75, 3.05) is 24.1 Å². The number of aromatic nitrogens is 2. The Kier molecular flexibility index (Phi) is 8.05. The monoisotopic (exact) mass is 541 g/mol. The first-order valence-corrected chi connectivity index (χ1v) is 12.7. The highest BCUT2D eigenvalue weighted by Crippen LogP contribution is 2.41. The second-order valence-corrected chi connectivity index (χ2v) is 9.96. The van der Waals surface area contributed by atoms with E-state index in [0.29, 0.717) is 35.1 Å². The first-order valence-electron chi connectivity index (χ1n) is 12.3. The molecular formula is C25H32ClN9O3. The molecule has 0 bridgehead atoms. The summed E-state index contributed by atoms with van der Waals surface area (Å²) in [6, 6.07) is 0.0109. The third kappa shape index (κ3) is 5.67. The number of nitrogens with zero attached hydrogens (tertiary/aromatic N) is 4. The van der Waals surface area contributed by atoms with Crippen LogP contribution in [0.3, 0.4) is 0 Å². The van der Waals surface area contributed by atoms with Crippen LogP contribution in [0.25, 0.3) is 5.57 Å². The molecule has 4 atom stereocenters. The quantitative estimate of drug-likeness (QED) is 0.141. The third-order valence-corrected chi connectivity index (χ3v) is 7.16. The average Bonchev–Trinajstić information content (AvgIpc) is 2.85. The SMILES string of the molecule is C[C@@H]1CC[C@@H](CNc2c(N)nc(C(=N)NC(=O)O)nc2C2=C=C/C(Cl)=C\CN=C2)C2=C1O[C@H](C)[C@@H](C)N2N. The summed E-state index contributed by atoms with van der Waals surface area (Å²) in [6.07, 6.45) is 5.28. The van der Waals surface area contributed by atoms with Gasteiger partial charge >= 0.3 is 6.09 Å². The summed E-state index contributed by atoms with van der Waals surface area (Å²) in [5.41, 5.74) is 11.5. The van der Waals surface area contributed by atoms with Crippen LogP contribution in [-0.4, -0.2) is 63.5 Å². The fraction of sp³-hybridized carbons (Fsp3) is 0.440. The molecule has 3 aliphatic rings. The molecule has 0 aromatic carbocycles. The number of nitrogens with two attached hydrogens (primary N) is 2. The van der Waals surface area contributed by atoms with Gasteiger partial charge in [0.2, 0.25) is 0 Å². The van der Waals surface area contributed by atoms with E-state index in [9.17, 15) is 4.79 Å². The van der Waals surface area contributed by atoms with Gasteiger partial charge in [-0.15, -0.1) is 5.73 Å². The second-order valence-electron chi connectivity index (χ2n) is 9.52. The van der Waals surface area contributed by atoms with E-state index in [2.05, 4.69) is 32.9 Å². The van der Waals surface area contributed by atoms with E-state index in [-0.39, 0.29) is 35.6 Å². The molecule has 1 amide bonds. The summed E-state index contributed by atoms with van der Waals surface area (Å²) in [4.78, 5) is 24.0. The predicted octanol–water partition coefficient (Wildman–Crippen LogP) is 3.05. The van der Waals surface area contributed by atoms with Crippen molar-refractivity contribution in [1.29, 1.82) is 5.41 Å². The average molecular weight is 542 g/mol. The Morgan fingerprint density at radius 2 is 2.11 bits per heavy atom. The van der Waals surface area contributed by atoms with E-state index < -0.39 is 11.9 Å². The zero-order chi connectivity index (χ0) is 27.6. The van der Waals surface area contributed by atoms with Crippen molar-refractivity contribution in [2.24, 2.45) is 22.7 Å². The van der Waals surface area contributed by atoms with Gasteiger partial charge in [-0.05, 0) is 38.8 Å². The molecule has 0 saturated heterocycles. The number of amidine groups is 1. The molecular weight excluding hydrogens is 510 g/mol. The number of anilines is 2. The molecule has 3 heterocycles. The largest absolute Gasteiger partial charge is 0.491 e. The van der Waals surface area contributed by atoms with Crippen LogP contribution in [0.1, 0.15) is 45.1 Å². The van der Waals surface area contributed by atoms with Crippen molar-refractivity contribution < 1.29 is 14.6 Å². The van der Waals surface area contributed by atoms with Gasteiger partial charge in [0.15, 0.2) is 17.5 Å². The van der Waals surface area contributed by atoms with E-state index in [1.165, 1.54) is 0 Å². The number of carboxylic acid groups (broad SMARTS) is 1. The van der Waals surface area contributed by atoms with Gasteiger partial charge in [-0.3, -0.25) is 15.7 Å². The molecule has 0 unspecified atom stereocenters. The van der Waals surface area contributed by atoms with Crippen molar-refractivity contribution >= 4 is 46.8 Å². The first kappa shape index (κ1) is 27.2. The maximum atomic E-state index is 11.1. The summed E-state index contributed by atoms with van der Waals surface area (Å²) in [5, 5.41) is 24.7. The molecule has 0 spiro atoms. The maximum Gasteiger partial charge on any atom is 0.410 e. The zero-order valence-electron chi connectivity index (χ0n) is 21.5. The summed E-state index contributed by atoms with van der Waals surface area (Å²) in [6.45, 7) is 7.01. The number of rotatable bonds is 5. The summed E-state index contributed by atoms with van der Waals surface area (Å²) in [5.74, 6) is 7.10. The number of hydrogen-bond acceptors (Lipinski definition) is 10. The molecule has 12 nitrogen and oxygen atoms in total. The Balaban J connectivity index is 1.73. The molecule has 2 aliphatic heterocycles. The number of amides is 1. The molecule has 8 N–H and O–H groups in total. The highest BCUT2D eigenvalue weighted by molar-refractivity contribution is 6.31. The molecule has 4 rings (SSSR count). The number of nitrogens with one attached hydrogen (secondary N) is 3. The number of ether oxygens (including phenoxy) is 1. The number of nitrogen functional groups attached to an aromatic ring is 1. The molecule has 202 valence electrons. The number of carbonyl (C=O) groups is 1.